The summed E-state index contributed by atoms with van der Waals surface area (Å²) in [5, 5.41) is 4.27. The predicted octanol–water partition coefficient (Wildman–Crippen LogP) is 2.52. The van der Waals surface area contributed by atoms with Crippen molar-refractivity contribution in [3.05, 3.63) is 34.9 Å². The molecule has 1 aromatic carbocycles. The molecule has 0 radical (unpaired) electrons. The molecule has 0 aliphatic carbocycles. The van der Waals surface area contributed by atoms with Gasteiger partial charge in [-0.2, -0.15) is 0 Å². The summed E-state index contributed by atoms with van der Waals surface area (Å²) < 4.78 is 0. The first-order valence-electron chi connectivity index (χ1n) is 5.91. The Morgan fingerprint density at radius 1 is 1.50 bits per heavy atom. The minimum absolute atomic E-state index is 0.660. The van der Waals surface area contributed by atoms with E-state index in [1.165, 1.54) is 24.9 Å². The Labute approximate surface area is 103 Å². The topological polar surface area (TPSA) is 15.3 Å². The van der Waals surface area contributed by atoms with E-state index in [0.717, 1.165) is 18.1 Å². The normalized spacial score (nSPS) is 21.3. The summed E-state index contributed by atoms with van der Waals surface area (Å²) in [5.74, 6) is 0. The van der Waals surface area contributed by atoms with Gasteiger partial charge in [0.25, 0.3) is 0 Å². The number of piperidine rings is 1. The third-order valence-corrected chi connectivity index (χ3v) is 3.45. The molecule has 16 heavy (non-hydrogen) atoms. The van der Waals surface area contributed by atoms with Gasteiger partial charge in [0.2, 0.25) is 0 Å². The van der Waals surface area contributed by atoms with Gasteiger partial charge < -0.3 is 5.32 Å². The lowest BCUT2D eigenvalue weighted by atomic mass is 10.1. The second-order valence-corrected chi connectivity index (χ2v) is 4.98. The number of nitrogens with one attached hydrogen (secondary N) is 1. The van der Waals surface area contributed by atoms with Crippen LogP contribution >= 0.6 is 11.6 Å². The smallest absolute Gasteiger partial charge is 0.0409 e. The molecule has 1 fully saturated rings. The SMILES string of the molecule is CN(Cc1cccc(Cl)c1)C1CCCNC1. The average molecular weight is 239 g/mol. The van der Waals surface area contributed by atoms with E-state index in [0.29, 0.717) is 6.04 Å². The number of nitrogens with zero attached hydrogens (tertiary/aromatic N) is 1. The first-order chi connectivity index (χ1) is 7.75. The van der Waals surface area contributed by atoms with Crippen molar-refractivity contribution in [2.75, 3.05) is 20.1 Å². The summed E-state index contributed by atoms with van der Waals surface area (Å²) in [6.07, 6.45) is 2.58. The van der Waals surface area contributed by atoms with Gasteiger partial charge in [0.05, 0.1) is 0 Å². The Hall–Kier alpha value is -0.570. The minimum atomic E-state index is 0.660. The first kappa shape index (κ1) is 11.9. The van der Waals surface area contributed by atoms with Crippen molar-refractivity contribution in [3.63, 3.8) is 0 Å². The lowest BCUT2D eigenvalue weighted by Crippen LogP contribution is -2.43. The van der Waals surface area contributed by atoms with Crippen LogP contribution < -0.4 is 5.32 Å². The molecule has 1 atom stereocenters. The number of halogens is 1. The van der Waals surface area contributed by atoms with Gasteiger partial charge >= 0.3 is 0 Å². The van der Waals surface area contributed by atoms with Gasteiger partial charge in [0.1, 0.15) is 0 Å². The molecular weight excluding hydrogens is 220 g/mol. The molecule has 1 N–H and O–H groups in total. The van der Waals surface area contributed by atoms with Crippen LogP contribution in [0.1, 0.15) is 18.4 Å². The Morgan fingerprint density at radius 3 is 3.06 bits per heavy atom. The highest BCUT2D eigenvalue weighted by Gasteiger charge is 2.17. The van der Waals surface area contributed by atoms with Crippen molar-refractivity contribution >= 4 is 11.6 Å². The van der Waals surface area contributed by atoms with Crippen LogP contribution in [-0.2, 0) is 6.54 Å². The van der Waals surface area contributed by atoms with Crippen LogP contribution in [0.25, 0.3) is 0 Å². The molecule has 0 bridgehead atoms. The minimum Gasteiger partial charge on any atom is -0.315 e. The molecule has 1 unspecified atom stereocenters. The van der Waals surface area contributed by atoms with Crippen LogP contribution in [0.3, 0.4) is 0 Å². The number of hydrogen-bond acceptors (Lipinski definition) is 2. The molecule has 0 aromatic heterocycles. The maximum absolute atomic E-state index is 5.98. The van der Waals surface area contributed by atoms with Gasteiger partial charge in [0.15, 0.2) is 0 Å². The van der Waals surface area contributed by atoms with Gasteiger partial charge in [-0.1, -0.05) is 23.7 Å². The molecule has 0 saturated carbocycles. The van der Waals surface area contributed by atoms with Crippen LogP contribution in [0.2, 0.25) is 5.02 Å². The first-order valence-corrected chi connectivity index (χ1v) is 6.29. The lowest BCUT2D eigenvalue weighted by Gasteiger charge is -2.31. The van der Waals surface area contributed by atoms with Crippen LogP contribution in [0.5, 0.6) is 0 Å². The fourth-order valence-corrected chi connectivity index (χ4v) is 2.47. The fourth-order valence-electron chi connectivity index (χ4n) is 2.26. The van der Waals surface area contributed by atoms with E-state index >= 15 is 0 Å². The highest BCUT2D eigenvalue weighted by Crippen LogP contribution is 2.15. The summed E-state index contributed by atoms with van der Waals surface area (Å²) in [6.45, 7) is 3.26. The van der Waals surface area contributed by atoms with Crippen molar-refractivity contribution < 1.29 is 0 Å². The van der Waals surface area contributed by atoms with Crippen molar-refractivity contribution in [2.24, 2.45) is 0 Å². The highest BCUT2D eigenvalue weighted by atomic mass is 35.5. The zero-order chi connectivity index (χ0) is 11.4. The van der Waals surface area contributed by atoms with Gasteiger partial charge in [-0.3, -0.25) is 4.90 Å². The summed E-state index contributed by atoms with van der Waals surface area (Å²) in [4.78, 5) is 2.41. The predicted molar refractivity (Wildman–Crippen MR) is 68.8 cm³/mol. The monoisotopic (exact) mass is 238 g/mol. The Bertz CT molecular complexity index is 334. The van der Waals surface area contributed by atoms with Crippen LogP contribution in [0, 0.1) is 0 Å². The Kier molecular flexibility index (Phi) is 4.22. The average Bonchev–Trinajstić information content (AvgIpc) is 2.30. The molecule has 2 nitrogen and oxygen atoms in total. The van der Waals surface area contributed by atoms with E-state index in [1.54, 1.807) is 0 Å². The third kappa shape index (κ3) is 3.21. The molecule has 1 aromatic rings. The molecule has 3 heteroatoms. The van der Waals surface area contributed by atoms with Crippen molar-refractivity contribution in [1.29, 1.82) is 0 Å². The molecule has 1 heterocycles. The third-order valence-electron chi connectivity index (χ3n) is 3.22. The van der Waals surface area contributed by atoms with E-state index in [2.05, 4.69) is 23.3 Å². The zero-order valence-corrected chi connectivity index (χ0v) is 10.5. The van der Waals surface area contributed by atoms with Crippen LogP contribution in [0.4, 0.5) is 0 Å². The summed E-state index contributed by atoms with van der Waals surface area (Å²) in [6, 6.07) is 8.79. The van der Waals surface area contributed by atoms with Gasteiger partial charge in [-0.25, -0.2) is 0 Å². The Balaban J connectivity index is 1.93. The molecular formula is C13H19ClN2. The van der Waals surface area contributed by atoms with Gasteiger partial charge in [-0.15, -0.1) is 0 Å². The maximum Gasteiger partial charge on any atom is 0.0409 e. The molecule has 1 aliphatic heterocycles. The van der Waals surface area contributed by atoms with Crippen molar-refractivity contribution in [1.82, 2.24) is 10.2 Å². The molecule has 1 aliphatic rings. The number of likely N-dealkylation sites (N-methyl/N-ethyl adjacent to an activating group) is 1. The van der Waals surface area contributed by atoms with E-state index < -0.39 is 0 Å². The van der Waals surface area contributed by atoms with Crippen LogP contribution in [-0.4, -0.2) is 31.1 Å². The fraction of sp³-hybridized carbons (Fsp3) is 0.538. The molecule has 88 valence electrons. The lowest BCUT2D eigenvalue weighted by molar-refractivity contribution is 0.196. The molecule has 2 rings (SSSR count). The highest BCUT2D eigenvalue weighted by molar-refractivity contribution is 6.30. The zero-order valence-electron chi connectivity index (χ0n) is 9.75. The summed E-state index contributed by atoms with van der Waals surface area (Å²) in [7, 11) is 2.19. The van der Waals surface area contributed by atoms with Crippen LogP contribution in [0.15, 0.2) is 24.3 Å². The summed E-state index contributed by atoms with van der Waals surface area (Å²) in [5.41, 5.74) is 1.29. The number of benzene rings is 1. The van der Waals surface area contributed by atoms with Crippen molar-refractivity contribution in [2.45, 2.75) is 25.4 Å². The van der Waals surface area contributed by atoms with E-state index in [4.69, 9.17) is 11.6 Å². The second-order valence-electron chi connectivity index (χ2n) is 4.55. The van der Waals surface area contributed by atoms with E-state index in [1.807, 2.05) is 18.2 Å². The standard InChI is InChI=1S/C13H19ClN2/c1-16(13-6-3-7-15-9-13)10-11-4-2-5-12(14)8-11/h2,4-5,8,13,15H,3,6-7,9-10H2,1H3. The molecule has 0 amide bonds. The Morgan fingerprint density at radius 2 is 2.38 bits per heavy atom. The second kappa shape index (κ2) is 5.67. The van der Waals surface area contributed by atoms with Crippen molar-refractivity contribution in [3.8, 4) is 0 Å². The van der Waals surface area contributed by atoms with Gasteiger partial charge in [-0.05, 0) is 44.1 Å². The van der Waals surface area contributed by atoms with E-state index in [-0.39, 0.29) is 0 Å². The summed E-state index contributed by atoms with van der Waals surface area (Å²) >= 11 is 5.98. The van der Waals surface area contributed by atoms with Gasteiger partial charge in [0, 0.05) is 24.2 Å². The molecule has 0 spiro atoms. The largest absolute Gasteiger partial charge is 0.315 e. The maximum atomic E-state index is 5.98. The molecule has 1 saturated heterocycles. The quantitative estimate of drug-likeness (QED) is 0.871. The van der Waals surface area contributed by atoms with E-state index in [9.17, 15) is 0 Å². The number of hydrogen-bond donors (Lipinski definition) is 1. The number of rotatable bonds is 3.